The minimum atomic E-state index is -3.72. The zero-order valence-corrected chi connectivity index (χ0v) is 12.0. The van der Waals surface area contributed by atoms with Crippen molar-refractivity contribution in [2.45, 2.75) is 4.90 Å². The lowest BCUT2D eigenvalue weighted by Gasteiger charge is -2.17. The second-order valence-electron chi connectivity index (χ2n) is 4.41. The predicted octanol–water partition coefficient (Wildman–Crippen LogP) is 0.949. The van der Waals surface area contributed by atoms with Crippen molar-refractivity contribution >= 4 is 21.6 Å². The molecule has 1 aromatic carbocycles. The summed E-state index contributed by atoms with van der Waals surface area (Å²) in [6.45, 7) is 0. The average molecular weight is 293 g/mol. The molecule has 0 aliphatic rings. The average Bonchev–Trinajstić information content (AvgIpc) is 2.82. The molecular formula is C13H15N3O3S. The molecule has 20 heavy (non-hydrogen) atoms. The normalized spacial score (nSPS) is 11.3. The monoisotopic (exact) mass is 293 g/mol. The number of hydrogen-bond donors (Lipinski definition) is 1. The molecule has 0 aliphatic heterocycles. The van der Waals surface area contributed by atoms with Crippen LogP contribution in [0.1, 0.15) is 10.5 Å². The molecule has 106 valence electrons. The van der Waals surface area contributed by atoms with Gasteiger partial charge in [-0.1, -0.05) is 0 Å². The molecule has 0 saturated heterocycles. The molecule has 1 amide bonds. The van der Waals surface area contributed by atoms with Crippen LogP contribution in [0.15, 0.2) is 47.5 Å². The van der Waals surface area contributed by atoms with Gasteiger partial charge in [0.15, 0.2) is 0 Å². The molecule has 0 radical (unpaired) electrons. The summed E-state index contributed by atoms with van der Waals surface area (Å²) in [7, 11) is -0.314. The van der Waals surface area contributed by atoms with E-state index in [1.54, 1.807) is 49.1 Å². The smallest absolute Gasteiger partial charge is 0.274 e. The molecule has 0 fully saturated rings. The van der Waals surface area contributed by atoms with Gasteiger partial charge in [-0.15, -0.1) is 0 Å². The summed E-state index contributed by atoms with van der Waals surface area (Å²) in [5, 5.41) is 5.03. The van der Waals surface area contributed by atoms with Crippen molar-refractivity contribution in [2.75, 3.05) is 11.9 Å². The molecule has 2 rings (SSSR count). The second kappa shape index (κ2) is 5.10. The molecule has 0 atom stereocenters. The molecule has 1 heterocycles. The quantitative estimate of drug-likeness (QED) is 0.914. The van der Waals surface area contributed by atoms with Crippen molar-refractivity contribution in [1.82, 2.24) is 4.57 Å². The van der Waals surface area contributed by atoms with E-state index in [2.05, 4.69) is 0 Å². The third-order valence-electron chi connectivity index (χ3n) is 3.02. The summed E-state index contributed by atoms with van der Waals surface area (Å²) in [4.78, 5) is 13.7. The van der Waals surface area contributed by atoms with E-state index in [0.29, 0.717) is 11.4 Å². The van der Waals surface area contributed by atoms with Crippen LogP contribution in [-0.2, 0) is 17.1 Å². The Morgan fingerprint density at radius 2 is 1.80 bits per heavy atom. The zero-order chi connectivity index (χ0) is 14.9. The van der Waals surface area contributed by atoms with Gasteiger partial charge in [0.2, 0.25) is 10.0 Å². The minimum Gasteiger partial charge on any atom is -0.347 e. The van der Waals surface area contributed by atoms with Crippen molar-refractivity contribution in [1.29, 1.82) is 0 Å². The number of amides is 1. The molecule has 0 bridgehead atoms. The van der Waals surface area contributed by atoms with Crippen LogP contribution in [-0.4, -0.2) is 25.9 Å². The van der Waals surface area contributed by atoms with E-state index in [9.17, 15) is 13.2 Å². The highest BCUT2D eigenvalue weighted by atomic mass is 32.2. The largest absolute Gasteiger partial charge is 0.347 e. The van der Waals surface area contributed by atoms with Gasteiger partial charge in [-0.05, 0) is 36.4 Å². The Balaban J connectivity index is 2.28. The Morgan fingerprint density at radius 3 is 2.25 bits per heavy atom. The van der Waals surface area contributed by atoms with E-state index in [4.69, 9.17) is 5.14 Å². The third-order valence-corrected chi connectivity index (χ3v) is 3.95. The lowest BCUT2D eigenvalue weighted by atomic mass is 10.2. The Bertz CT molecular complexity index is 732. The first-order chi connectivity index (χ1) is 9.30. The fraction of sp³-hybridized carbons (Fsp3) is 0.154. The molecule has 0 unspecified atom stereocenters. The number of carbonyl (C=O) groups is 1. The molecule has 2 N–H and O–H groups in total. The summed E-state index contributed by atoms with van der Waals surface area (Å²) in [6, 6.07) is 9.34. The number of aromatic nitrogens is 1. The molecule has 0 spiro atoms. The third kappa shape index (κ3) is 2.73. The van der Waals surface area contributed by atoms with Crippen molar-refractivity contribution in [2.24, 2.45) is 12.2 Å². The number of hydrogen-bond acceptors (Lipinski definition) is 3. The fourth-order valence-corrected chi connectivity index (χ4v) is 2.35. The number of nitrogens with two attached hydrogens (primary N) is 1. The summed E-state index contributed by atoms with van der Waals surface area (Å²) in [5.74, 6) is -0.180. The zero-order valence-electron chi connectivity index (χ0n) is 11.1. The van der Waals surface area contributed by atoms with E-state index >= 15 is 0 Å². The van der Waals surface area contributed by atoms with Crippen LogP contribution in [0.2, 0.25) is 0 Å². The second-order valence-corrected chi connectivity index (χ2v) is 5.97. The lowest BCUT2D eigenvalue weighted by molar-refractivity contribution is 0.0985. The van der Waals surface area contributed by atoms with Crippen molar-refractivity contribution < 1.29 is 13.2 Å². The molecule has 0 saturated carbocycles. The van der Waals surface area contributed by atoms with Gasteiger partial charge in [-0.2, -0.15) is 0 Å². The highest BCUT2D eigenvalue weighted by Crippen LogP contribution is 2.18. The summed E-state index contributed by atoms with van der Waals surface area (Å²) >= 11 is 0. The number of primary sulfonamides is 1. The lowest BCUT2D eigenvalue weighted by Crippen LogP contribution is -2.28. The number of sulfonamides is 1. The summed E-state index contributed by atoms with van der Waals surface area (Å²) in [5.41, 5.74) is 1.13. The van der Waals surface area contributed by atoms with Crippen LogP contribution in [0.5, 0.6) is 0 Å². The van der Waals surface area contributed by atoms with E-state index in [-0.39, 0.29) is 10.8 Å². The Kier molecular flexibility index (Phi) is 3.65. The molecule has 7 heteroatoms. The van der Waals surface area contributed by atoms with Gasteiger partial charge in [-0.25, -0.2) is 13.6 Å². The van der Waals surface area contributed by atoms with Gasteiger partial charge in [-0.3, -0.25) is 4.79 Å². The van der Waals surface area contributed by atoms with E-state index in [1.165, 1.54) is 17.0 Å². The van der Waals surface area contributed by atoms with Gasteiger partial charge in [0.1, 0.15) is 5.69 Å². The van der Waals surface area contributed by atoms with Crippen LogP contribution in [0, 0.1) is 0 Å². The Hall–Kier alpha value is -2.12. The number of benzene rings is 1. The van der Waals surface area contributed by atoms with Crippen molar-refractivity contribution in [3.05, 3.63) is 48.3 Å². The van der Waals surface area contributed by atoms with Gasteiger partial charge < -0.3 is 9.47 Å². The predicted molar refractivity (Wildman–Crippen MR) is 76.0 cm³/mol. The number of rotatable bonds is 3. The van der Waals surface area contributed by atoms with Crippen molar-refractivity contribution in [3.63, 3.8) is 0 Å². The van der Waals surface area contributed by atoms with Crippen LogP contribution in [0.4, 0.5) is 5.69 Å². The van der Waals surface area contributed by atoms with Gasteiger partial charge in [0.05, 0.1) is 4.90 Å². The van der Waals surface area contributed by atoms with Crippen LogP contribution in [0.25, 0.3) is 0 Å². The van der Waals surface area contributed by atoms with E-state index in [0.717, 1.165) is 0 Å². The SMILES string of the molecule is CN(C(=O)c1cccn1C)c1ccc(S(N)(=O)=O)cc1. The minimum absolute atomic E-state index is 0.0148. The fourth-order valence-electron chi connectivity index (χ4n) is 1.83. The van der Waals surface area contributed by atoms with Crippen LogP contribution in [0.3, 0.4) is 0 Å². The maximum absolute atomic E-state index is 12.3. The van der Waals surface area contributed by atoms with Crippen molar-refractivity contribution in [3.8, 4) is 0 Å². The number of anilines is 1. The molecule has 0 aliphatic carbocycles. The topological polar surface area (TPSA) is 85.4 Å². The molecule has 2 aromatic rings. The van der Waals surface area contributed by atoms with E-state index in [1.807, 2.05) is 0 Å². The van der Waals surface area contributed by atoms with Gasteiger partial charge in [0.25, 0.3) is 5.91 Å². The standard InChI is InChI=1S/C13H15N3O3S/c1-15-9-3-4-12(15)13(17)16(2)10-5-7-11(8-6-10)20(14,18)19/h3-9H,1-2H3,(H2,14,18,19). The first-order valence-corrected chi connectivity index (χ1v) is 7.37. The number of aryl methyl sites for hydroxylation is 1. The first kappa shape index (κ1) is 14.3. The summed E-state index contributed by atoms with van der Waals surface area (Å²) < 4.78 is 24.1. The number of carbonyl (C=O) groups excluding carboxylic acids is 1. The van der Waals surface area contributed by atoms with Crippen LogP contribution >= 0.6 is 0 Å². The molecular weight excluding hydrogens is 278 g/mol. The highest BCUT2D eigenvalue weighted by Gasteiger charge is 2.16. The van der Waals surface area contributed by atoms with Crippen LogP contribution < -0.4 is 10.0 Å². The highest BCUT2D eigenvalue weighted by molar-refractivity contribution is 7.89. The molecule has 1 aromatic heterocycles. The summed E-state index contributed by atoms with van der Waals surface area (Å²) in [6.07, 6.45) is 1.78. The Morgan fingerprint density at radius 1 is 1.20 bits per heavy atom. The van der Waals surface area contributed by atoms with Gasteiger partial charge in [0, 0.05) is 26.0 Å². The maximum atomic E-state index is 12.3. The first-order valence-electron chi connectivity index (χ1n) is 5.83. The maximum Gasteiger partial charge on any atom is 0.274 e. The Labute approximate surface area is 117 Å². The molecule has 6 nitrogen and oxygen atoms in total. The number of nitrogens with zero attached hydrogens (tertiary/aromatic N) is 2. The van der Waals surface area contributed by atoms with Gasteiger partial charge >= 0.3 is 0 Å². The van der Waals surface area contributed by atoms with E-state index < -0.39 is 10.0 Å².